The molecule has 0 unspecified atom stereocenters. The Morgan fingerprint density at radius 3 is 2.81 bits per heavy atom. The minimum atomic E-state index is -0.373. The van der Waals surface area contributed by atoms with E-state index >= 15 is 0 Å². The van der Waals surface area contributed by atoms with Gasteiger partial charge in [-0.2, -0.15) is 0 Å². The van der Waals surface area contributed by atoms with Crippen molar-refractivity contribution in [2.75, 3.05) is 7.11 Å². The van der Waals surface area contributed by atoms with Crippen LogP contribution < -0.4 is 9.47 Å². The summed E-state index contributed by atoms with van der Waals surface area (Å²) in [5.74, 6) is 1.31. The van der Waals surface area contributed by atoms with Crippen LogP contribution in [0.25, 0.3) is 0 Å². The van der Waals surface area contributed by atoms with Crippen molar-refractivity contribution < 1.29 is 14.2 Å². The van der Waals surface area contributed by atoms with Gasteiger partial charge in [0.15, 0.2) is 11.5 Å². The molecule has 1 heterocycles. The maximum atomic E-state index is 6.06. The quantitative estimate of drug-likeness (QED) is 0.728. The van der Waals surface area contributed by atoms with E-state index in [9.17, 15) is 0 Å². The number of rotatable bonds is 1. The lowest BCUT2D eigenvalue weighted by Gasteiger charge is -2.35. The van der Waals surface area contributed by atoms with Crippen LogP contribution in [0.2, 0.25) is 0 Å². The van der Waals surface area contributed by atoms with Crippen molar-refractivity contribution >= 4 is 0 Å². The second-order valence-electron chi connectivity index (χ2n) is 4.46. The Hall–Kier alpha value is -1.22. The standard InChI is InChI=1S/C13H16O3/c1-14-11-6-4-5-10-9-15-13(16-12(10)11)7-2-3-8-13/h4-6H,2-3,7-9H2,1H3. The first-order valence-electron chi connectivity index (χ1n) is 5.82. The zero-order valence-electron chi connectivity index (χ0n) is 9.49. The lowest BCUT2D eigenvalue weighted by Crippen LogP contribution is -2.39. The smallest absolute Gasteiger partial charge is 0.211 e. The van der Waals surface area contributed by atoms with E-state index < -0.39 is 0 Å². The SMILES string of the molecule is COc1cccc2c1OC1(CCCC1)OC2. The molecule has 2 aliphatic rings. The molecule has 0 atom stereocenters. The molecule has 3 heteroatoms. The van der Waals surface area contributed by atoms with Crippen molar-refractivity contribution in [1.29, 1.82) is 0 Å². The van der Waals surface area contributed by atoms with E-state index in [1.807, 2.05) is 18.2 Å². The van der Waals surface area contributed by atoms with Crippen molar-refractivity contribution in [3.8, 4) is 11.5 Å². The third-order valence-electron chi connectivity index (χ3n) is 3.42. The third-order valence-corrected chi connectivity index (χ3v) is 3.42. The number of ether oxygens (including phenoxy) is 3. The van der Waals surface area contributed by atoms with E-state index in [0.717, 1.165) is 29.9 Å². The van der Waals surface area contributed by atoms with Crippen LogP contribution in [0.3, 0.4) is 0 Å². The molecule has 1 fully saturated rings. The summed E-state index contributed by atoms with van der Waals surface area (Å²) in [5.41, 5.74) is 1.08. The van der Waals surface area contributed by atoms with Crippen LogP contribution in [-0.2, 0) is 11.3 Å². The first kappa shape index (κ1) is 9.97. The molecular formula is C13H16O3. The summed E-state index contributed by atoms with van der Waals surface area (Å²) in [6.07, 6.45) is 4.35. The fraction of sp³-hybridized carbons (Fsp3) is 0.538. The van der Waals surface area contributed by atoms with Gasteiger partial charge in [-0.05, 0) is 18.9 Å². The Labute approximate surface area is 95.3 Å². The average molecular weight is 220 g/mol. The molecule has 16 heavy (non-hydrogen) atoms. The molecule has 0 bridgehead atoms. The van der Waals surface area contributed by atoms with E-state index in [1.165, 1.54) is 12.8 Å². The normalized spacial score (nSPS) is 21.6. The molecule has 1 aromatic carbocycles. The van der Waals surface area contributed by atoms with Gasteiger partial charge in [-0.25, -0.2) is 0 Å². The molecule has 1 aliphatic heterocycles. The summed E-state index contributed by atoms with van der Waals surface area (Å²) in [7, 11) is 1.68. The third kappa shape index (κ3) is 1.47. The second-order valence-corrected chi connectivity index (χ2v) is 4.46. The highest BCUT2D eigenvalue weighted by atomic mass is 16.7. The second kappa shape index (κ2) is 3.67. The highest BCUT2D eigenvalue weighted by Crippen LogP contribution is 2.44. The van der Waals surface area contributed by atoms with Crippen LogP contribution in [0.15, 0.2) is 18.2 Å². The van der Waals surface area contributed by atoms with Crippen molar-refractivity contribution in [2.45, 2.75) is 38.1 Å². The van der Waals surface area contributed by atoms with Gasteiger partial charge in [0.25, 0.3) is 0 Å². The fourth-order valence-electron chi connectivity index (χ4n) is 2.54. The van der Waals surface area contributed by atoms with Crippen molar-refractivity contribution in [3.63, 3.8) is 0 Å². The van der Waals surface area contributed by atoms with Crippen molar-refractivity contribution in [1.82, 2.24) is 0 Å². The highest BCUT2D eigenvalue weighted by Gasteiger charge is 2.41. The molecule has 0 aromatic heterocycles. The lowest BCUT2D eigenvalue weighted by molar-refractivity contribution is -0.201. The minimum absolute atomic E-state index is 0.373. The molecule has 86 valence electrons. The number of methoxy groups -OCH3 is 1. The summed E-state index contributed by atoms with van der Waals surface area (Å²) < 4.78 is 17.3. The predicted molar refractivity (Wildman–Crippen MR) is 59.6 cm³/mol. The van der Waals surface area contributed by atoms with Gasteiger partial charge >= 0.3 is 0 Å². The van der Waals surface area contributed by atoms with Crippen LogP contribution in [0.1, 0.15) is 31.2 Å². The topological polar surface area (TPSA) is 27.7 Å². The van der Waals surface area contributed by atoms with Crippen LogP contribution in [-0.4, -0.2) is 12.9 Å². The number of para-hydroxylation sites is 1. The van der Waals surface area contributed by atoms with E-state index in [2.05, 4.69) is 0 Å². The zero-order chi connectivity index (χ0) is 11.0. The van der Waals surface area contributed by atoms with E-state index in [0.29, 0.717) is 6.61 Å². The fourth-order valence-corrected chi connectivity index (χ4v) is 2.54. The monoisotopic (exact) mass is 220 g/mol. The van der Waals surface area contributed by atoms with Gasteiger partial charge in [0, 0.05) is 18.4 Å². The Morgan fingerprint density at radius 2 is 2.06 bits per heavy atom. The molecule has 0 amide bonds. The molecule has 0 radical (unpaired) electrons. The van der Waals surface area contributed by atoms with Gasteiger partial charge in [0.2, 0.25) is 5.79 Å². The zero-order valence-corrected chi connectivity index (χ0v) is 9.49. The van der Waals surface area contributed by atoms with Crippen LogP contribution in [0, 0.1) is 0 Å². The molecule has 3 rings (SSSR count). The Balaban J connectivity index is 1.97. The van der Waals surface area contributed by atoms with Gasteiger partial charge in [0.05, 0.1) is 13.7 Å². The highest BCUT2D eigenvalue weighted by molar-refractivity contribution is 5.47. The summed E-state index contributed by atoms with van der Waals surface area (Å²) in [5, 5.41) is 0. The summed E-state index contributed by atoms with van der Waals surface area (Å²) in [4.78, 5) is 0. The molecule has 1 aromatic rings. The molecule has 3 nitrogen and oxygen atoms in total. The van der Waals surface area contributed by atoms with E-state index in [-0.39, 0.29) is 5.79 Å². The lowest BCUT2D eigenvalue weighted by atomic mass is 10.1. The summed E-state index contributed by atoms with van der Waals surface area (Å²) in [6, 6.07) is 5.93. The summed E-state index contributed by atoms with van der Waals surface area (Å²) >= 11 is 0. The first-order valence-corrected chi connectivity index (χ1v) is 5.82. The van der Waals surface area contributed by atoms with Crippen LogP contribution in [0.4, 0.5) is 0 Å². The first-order chi connectivity index (χ1) is 7.83. The number of hydrogen-bond donors (Lipinski definition) is 0. The Morgan fingerprint density at radius 1 is 1.25 bits per heavy atom. The van der Waals surface area contributed by atoms with Crippen molar-refractivity contribution in [2.24, 2.45) is 0 Å². The Bertz CT molecular complexity index is 380. The van der Waals surface area contributed by atoms with E-state index in [1.54, 1.807) is 7.11 Å². The van der Waals surface area contributed by atoms with Gasteiger partial charge in [-0.15, -0.1) is 0 Å². The molecule has 1 saturated carbocycles. The van der Waals surface area contributed by atoms with Gasteiger partial charge < -0.3 is 14.2 Å². The number of hydrogen-bond acceptors (Lipinski definition) is 3. The molecule has 0 N–H and O–H groups in total. The maximum Gasteiger partial charge on any atom is 0.211 e. The minimum Gasteiger partial charge on any atom is -0.493 e. The maximum absolute atomic E-state index is 6.06. The summed E-state index contributed by atoms with van der Waals surface area (Å²) in [6.45, 7) is 0.631. The van der Waals surface area contributed by atoms with Gasteiger partial charge in [0.1, 0.15) is 0 Å². The Kier molecular flexibility index (Phi) is 2.28. The average Bonchev–Trinajstić information content (AvgIpc) is 2.77. The van der Waals surface area contributed by atoms with Crippen molar-refractivity contribution in [3.05, 3.63) is 23.8 Å². The van der Waals surface area contributed by atoms with Gasteiger partial charge in [-0.3, -0.25) is 0 Å². The van der Waals surface area contributed by atoms with Crippen LogP contribution in [0.5, 0.6) is 11.5 Å². The predicted octanol–water partition coefficient (Wildman–Crippen LogP) is 2.87. The molecule has 0 saturated heterocycles. The molecule has 1 spiro atoms. The largest absolute Gasteiger partial charge is 0.493 e. The van der Waals surface area contributed by atoms with E-state index in [4.69, 9.17) is 14.2 Å². The van der Waals surface area contributed by atoms with Gasteiger partial charge in [-0.1, -0.05) is 12.1 Å². The number of fused-ring (bicyclic) bond motifs is 1. The molecule has 1 aliphatic carbocycles. The number of benzene rings is 1. The molecular weight excluding hydrogens is 204 g/mol. The van der Waals surface area contributed by atoms with Crippen LogP contribution >= 0.6 is 0 Å².